The Morgan fingerprint density at radius 3 is 2.88 bits per heavy atom. The minimum atomic E-state index is -1.06. The van der Waals surface area contributed by atoms with Crippen LogP contribution >= 0.6 is 15.9 Å². The van der Waals surface area contributed by atoms with Crippen molar-refractivity contribution in [1.82, 2.24) is 0 Å². The van der Waals surface area contributed by atoms with E-state index in [9.17, 15) is 4.79 Å². The standard InChI is InChI=1S/C10H10BrNO4/c1-6(10(13)14)16-9-3-2-8(11)4-7(9)5-12-15/h2-6,15H,1H3,(H,13,14)/b12-5+. The fourth-order valence-corrected chi connectivity index (χ4v) is 1.41. The molecule has 1 unspecified atom stereocenters. The van der Waals surface area contributed by atoms with Crippen LogP contribution in [0.15, 0.2) is 27.8 Å². The first-order valence-corrected chi connectivity index (χ1v) is 5.20. The molecule has 0 radical (unpaired) electrons. The van der Waals surface area contributed by atoms with Gasteiger partial charge in [0.2, 0.25) is 0 Å². The normalized spacial score (nSPS) is 12.6. The van der Waals surface area contributed by atoms with Gasteiger partial charge in [0.1, 0.15) is 5.75 Å². The zero-order valence-corrected chi connectivity index (χ0v) is 10.0. The number of carbonyl (C=O) groups is 1. The maximum absolute atomic E-state index is 10.6. The summed E-state index contributed by atoms with van der Waals surface area (Å²) in [7, 11) is 0. The molecule has 86 valence electrons. The fourth-order valence-electron chi connectivity index (χ4n) is 1.03. The van der Waals surface area contributed by atoms with Crippen LogP contribution in [0.3, 0.4) is 0 Å². The number of oxime groups is 1. The van der Waals surface area contributed by atoms with Crippen molar-refractivity contribution < 1.29 is 19.8 Å². The van der Waals surface area contributed by atoms with E-state index in [1.165, 1.54) is 13.1 Å². The maximum Gasteiger partial charge on any atom is 0.344 e. The van der Waals surface area contributed by atoms with Gasteiger partial charge in [-0.2, -0.15) is 0 Å². The highest BCUT2D eigenvalue weighted by atomic mass is 79.9. The minimum Gasteiger partial charge on any atom is -0.479 e. The van der Waals surface area contributed by atoms with E-state index >= 15 is 0 Å². The highest BCUT2D eigenvalue weighted by Crippen LogP contribution is 2.22. The third kappa shape index (κ3) is 3.23. The van der Waals surface area contributed by atoms with E-state index in [0.717, 1.165) is 4.47 Å². The van der Waals surface area contributed by atoms with Crippen LogP contribution in [-0.2, 0) is 4.79 Å². The van der Waals surface area contributed by atoms with Gasteiger partial charge in [0.05, 0.1) is 6.21 Å². The van der Waals surface area contributed by atoms with Gasteiger partial charge in [0.15, 0.2) is 6.10 Å². The molecule has 1 aromatic carbocycles. The number of rotatable bonds is 4. The predicted octanol–water partition coefficient (Wildman–Crippen LogP) is 2.11. The molecule has 0 aliphatic rings. The number of ether oxygens (including phenoxy) is 1. The molecule has 1 atom stereocenters. The molecular weight excluding hydrogens is 278 g/mol. The number of carboxylic acids is 1. The lowest BCUT2D eigenvalue weighted by Gasteiger charge is -2.12. The monoisotopic (exact) mass is 287 g/mol. The summed E-state index contributed by atoms with van der Waals surface area (Å²) < 4.78 is 5.97. The van der Waals surface area contributed by atoms with Crippen LogP contribution in [-0.4, -0.2) is 28.6 Å². The number of hydrogen-bond acceptors (Lipinski definition) is 4. The lowest BCUT2D eigenvalue weighted by Crippen LogP contribution is -2.23. The summed E-state index contributed by atoms with van der Waals surface area (Å²) in [6.45, 7) is 1.42. The second-order valence-corrected chi connectivity index (χ2v) is 3.94. The molecule has 5 nitrogen and oxygen atoms in total. The molecule has 0 aliphatic carbocycles. The van der Waals surface area contributed by atoms with Gasteiger partial charge >= 0.3 is 5.97 Å². The Hall–Kier alpha value is -1.56. The first kappa shape index (κ1) is 12.5. The van der Waals surface area contributed by atoms with E-state index in [1.807, 2.05) is 0 Å². The fraction of sp³-hybridized carbons (Fsp3) is 0.200. The number of nitrogens with zero attached hydrogens (tertiary/aromatic N) is 1. The predicted molar refractivity (Wildman–Crippen MR) is 61.2 cm³/mol. The number of halogens is 1. The molecule has 1 rings (SSSR count). The minimum absolute atomic E-state index is 0.343. The number of hydrogen-bond donors (Lipinski definition) is 2. The summed E-state index contributed by atoms with van der Waals surface area (Å²) >= 11 is 3.25. The third-order valence-corrected chi connectivity index (χ3v) is 2.31. The molecule has 0 aromatic heterocycles. The number of benzene rings is 1. The summed E-state index contributed by atoms with van der Waals surface area (Å²) in [5.74, 6) is -0.717. The van der Waals surface area contributed by atoms with Gasteiger partial charge in [-0.1, -0.05) is 21.1 Å². The van der Waals surface area contributed by atoms with Gasteiger partial charge in [-0.15, -0.1) is 0 Å². The van der Waals surface area contributed by atoms with Crippen LogP contribution in [0.1, 0.15) is 12.5 Å². The SMILES string of the molecule is CC(Oc1ccc(Br)cc1/C=N/O)C(=O)O. The molecule has 16 heavy (non-hydrogen) atoms. The number of carboxylic acid groups (broad SMARTS) is 1. The van der Waals surface area contributed by atoms with Gasteiger partial charge in [0.25, 0.3) is 0 Å². The molecule has 0 heterocycles. The summed E-state index contributed by atoms with van der Waals surface area (Å²) in [5, 5.41) is 20.0. The van der Waals surface area contributed by atoms with Gasteiger partial charge in [-0.25, -0.2) is 4.79 Å². The molecular formula is C10H10BrNO4. The quantitative estimate of drug-likeness (QED) is 0.505. The third-order valence-electron chi connectivity index (χ3n) is 1.82. The van der Waals surface area contributed by atoms with Crippen LogP contribution in [0.5, 0.6) is 5.75 Å². The zero-order valence-electron chi connectivity index (χ0n) is 8.42. The van der Waals surface area contributed by atoms with E-state index in [1.54, 1.807) is 18.2 Å². The molecule has 2 N–H and O–H groups in total. The summed E-state index contributed by atoms with van der Waals surface area (Å²) in [6.07, 6.45) is 0.210. The van der Waals surface area contributed by atoms with Crippen molar-refractivity contribution in [2.45, 2.75) is 13.0 Å². The molecule has 0 amide bonds. The van der Waals surface area contributed by atoms with E-state index in [4.69, 9.17) is 15.1 Å². The lowest BCUT2D eigenvalue weighted by atomic mass is 10.2. The Balaban J connectivity index is 2.99. The van der Waals surface area contributed by atoms with Crippen molar-refractivity contribution in [3.05, 3.63) is 28.2 Å². The topological polar surface area (TPSA) is 79.1 Å². The summed E-state index contributed by atoms with van der Waals surface area (Å²) in [5.41, 5.74) is 0.491. The van der Waals surface area contributed by atoms with Crippen molar-refractivity contribution in [1.29, 1.82) is 0 Å². The van der Waals surface area contributed by atoms with Crippen LogP contribution in [0.2, 0.25) is 0 Å². The van der Waals surface area contributed by atoms with Crippen molar-refractivity contribution in [3.8, 4) is 5.75 Å². The average Bonchev–Trinajstić information content (AvgIpc) is 2.22. The van der Waals surface area contributed by atoms with Gasteiger partial charge < -0.3 is 15.1 Å². The molecule has 0 bridgehead atoms. The molecule has 1 aromatic rings. The van der Waals surface area contributed by atoms with E-state index in [0.29, 0.717) is 11.3 Å². The molecule has 0 aliphatic heterocycles. The smallest absolute Gasteiger partial charge is 0.344 e. The Kier molecular flexibility index (Phi) is 4.30. The first-order valence-electron chi connectivity index (χ1n) is 4.41. The van der Waals surface area contributed by atoms with Gasteiger partial charge in [-0.05, 0) is 25.1 Å². The van der Waals surface area contributed by atoms with Gasteiger partial charge in [-0.3, -0.25) is 0 Å². The Bertz CT molecular complexity index is 419. The van der Waals surface area contributed by atoms with Crippen LogP contribution in [0.25, 0.3) is 0 Å². The largest absolute Gasteiger partial charge is 0.479 e. The zero-order chi connectivity index (χ0) is 12.1. The second-order valence-electron chi connectivity index (χ2n) is 3.03. The van der Waals surface area contributed by atoms with Crippen LogP contribution < -0.4 is 4.74 Å². The second kappa shape index (κ2) is 5.50. The number of aliphatic carboxylic acids is 1. The molecule has 0 saturated heterocycles. The van der Waals surface area contributed by atoms with Crippen LogP contribution in [0.4, 0.5) is 0 Å². The molecule has 6 heteroatoms. The molecule has 0 saturated carbocycles. The maximum atomic E-state index is 10.6. The molecule has 0 spiro atoms. The summed E-state index contributed by atoms with van der Waals surface area (Å²) in [6, 6.07) is 4.96. The Morgan fingerprint density at radius 1 is 1.62 bits per heavy atom. The van der Waals surface area contributed by atoms with Crippen molar-refractivity contribution in [2.75, 3.05) is 0 Å². The highest BCUT2D eigenvalue weighted by Gasteiger charge is 2.14. The highest BCUT2D eigenvalue weighted by molar-refractivity contribution is 9.10. The average molecular weight is 288 g/mol. The summed E-state index contributed by atoms with van der Waals surface area (Å²) in [4.78, 5) is 10.6. The van der Waals surface area contributed by atoms with Gasteiger partial charge in [0, 0.05) is 10.0 Å². The van der Waals surface area contributed by atoms with Crippen molar-refractivity contribution >= 4 is 28.1 Å². The van der Waals surface area contributed by atoms with E-state index in [2.05, 4.69) is 21.1 Å². The van der Waals surface area contributed by atoms with E-state index in [-0.39, 0.29) is 0 Å². The Labute approximate surface area is 100 Å². The van der Waals surface area contributed by atoms with Crippen molar-refractivity contribution in [3.63, 3.8) is 0 Å². The van der Waals surface area contributed by atoms with Crippen molar-refractivity contribution in [2.24, 2.45) is 5.16 Å². The van der Waals surface area contributed by atoms with Crippen LogP contribution in [0, 0.1) is 0 Å². The first-order chi connectivity index (χ1) is 7.54. The van der Waals surface area contributed by atoms with E-state index < -0.39 is 12.1 Å². The lowest BCUT2D eigenvalue weighted by molar-refractivity contribution is -0.144. The Morgan fingerprint density at radius 2 is 2.31 bits per heavy atom. The molecule has 0 fully saturated rings.